The van der Waals surface area contributed by atoms with Crippen LogP contribution in [0, 0.1) is 11.7 Å². The summed E-state index contributed by atoms with van der Waals surface area (Å²) < 4.78 is 15.2. The van der Waals surface area contributed by atoms with Crippen molar-refractivity contribution in [1.82, 2.24) is 14.7 Å². The van der Waals surface area contributed by atoms with Crippen LogP contribution in [0.3, 0.4) is 0 Å². The number of fused-ring (bicyclic) bond motifs is 1. The molecule has 3 nitrogen and oxygen atoms in total. The Hall–Kier alpha value is -2.20. The zero-order chi connectivity index (χ0) is 16.4. The first-order valence-electron chi connectivity index (χ1n) is 8.72. The van der Waals surface area contributed by atoms with Crippen LogP contribution in [0.25, 0.3) is 16.9 Å². The van der Waals surface area contributed by atoms with E-state index in [4.69, 9.17) is 0 Å². The molecule has 1 fully saturated rings. The first-order valence-corrected chi connectivity index (χ1v) is 8.72. The Morgan fingerprint density at radius 1 is 1.12 bits per heavy atom. The zero-order valence-electron chi connectivity index (χ0n) is 13.7. The molecule has 0 aliphatic carbocycles. The Balaban J connectivity index is 1.53. The van der Waals surface area contributed by atoms with Gasteiger partial charge in [0, 0.05) is 11.8 Å². The number of benzene rings is 1. The third-order valence-electron chi connectivity index (χ3n) is 5.02. The molecule has 124 valence electrons. The number of aryl methyl sites for hydroxylation is 1. The van der Waals surface area contributed by atoms with Crippen molar-refractivity contribution in [3.8, 4) is 11.3 Å². The summed E-state index contributed by atoms with van der Waals surface area (Å²) in [6, 6.07) is 10.9. The molecule has 0 atom stereocenters. The number of aromatic nitrogens is 2. The van der Waals surface area contributed by atoms with E-state index in [1.54, 1.807) is 12.1 Å². The molecule has 1 aliphatic heterocycles. The Bertz CT molecular complexity index is 817. The average molecular weight is 323 g/mol. The van der Waals surface area contributed by atoms with Crippen molar-refractivity contribution in [2.75, 3.05) is 13.1 Å². The second-order valence-electron chi connectivity index (χ2n) is 6.65. The molecule has 0 bridgehead atoms. The van der Waals surface area contributed by atoms with E-state index >= 15 is 0 Å². The molecule has 3 heterocycles. The summed E-state index contributed by atoms with van der Waals surface area (Å²) in [5.41, 5.74) is 4.27. The normalized spacial score (nSPS) is 15.9. The van der Waals surface area contributed by atoms with Gasteiger partial charge in [0.2, 0.25) is 0 Å². The second-order valence-corrected chi connectivity index (χ2v) is 6.65. The summed E-state index contributed by atoms with van der Waals surface area (Å²) in [5.74, 6) is 0.629. The number of pyridine rings is 1. The topological polar surface area (TPSA) is 29.3 Å². The van der Waals surface area contributed by atoms with Crippen LogP contribution in [0.15, 0.2) is 48.8 Å². The molecule has 24 heavy (non-hydrogen) atoms. The lowest BCUT2D eigenvalue weighted by atomic mass is 9.91. The third-order valence-corrected chi connectivity index (χ3v) is 5.02. The van der Waals surface area contributed by atoms with Crippen molar-refractivity contribution < 1.29 is 4.39 Å². The van der Waals surface area contributed by atoms with Crippen molar-refractivity contribution in [2.24, 2.45) is 5.92 Å². The molecule has 0 unspecified atom stereocenters. The summed E-state index contributed by atoms with van der Waals surface area (Å²) in [5, 5.41) is 3.42. The van der Waals surface area contributed by atoms with Crippen LogP contribution >= 0.6 is 0 Å². The van der Waals surface area contributed by atoms with Crippen molar-refractivity contribution in [3.05, 3.63) is 60.2 Å². The standard InChI is InChI=1S/C20H22FN3/c21-18-5-3-17(4-6-18)19-14-23-20-13-16(9-12-24(19)20)2-1-15-7-10-22-11-8-15/h3-6,9,12-15,22H,1-2,7-8,10-11H2. The molecule has 1 saturated heterocycles. The number of nitrogens with zero attached hydrogens (tertiary/aromatic N) is 2. The number of nitrogens with one attached hydrogen (secondary N) is 1. The number of rotatable bonds is 4. The first-order chi connectivity index (χ1) is 11.8. The van der Waals surface area contributed by atoms with Crippen LogP contribution in [0.2, 0.25) is 0 Å². The fourth-order valence-corrected chi connectivity index (χ4v) is 3.55. The first kappa shape index (κ1) is 15.3. The Morgan fingerprint density at radius 3 is 2.71 bits per heavy atom. The molecule has 1 N–H and O–H groups in total. The predicted octanol–water partition coefficient (Wildman–Crippen LogP) is 4.07. The maximum absolute atomic E-state index is 13.1. The summed E-state index contributed by atoms with van der Waals surface area (Å²) >= 11 is 0. The minimum atomic E-state index is -0.215. The van der Waals surface area contributed by atoms with Gasteiger partial charge in [0.15, 0.2) is 0 Å². The van der Waals surface area contributed by atoms with E-state index in [0.717, 1.165) is 42.3 Å². The molecule has 0 spiro atoms. The van der Waals surface area contributed by atoms with Crippen LogP contribution in [-0.4, -0.2) is 22.5 Å². The van der Waals surface area contributed by atoms with E-state index in [0.29, 0.717) is 0 Å². The van der Waals surface area contributed by atoms with Crippen LogP contribution in [0.4, 0.5) is 4.39 Å². The SMILES string of the molecule is Fc1ccc(-c2cnc3cc(CCC4CCNCC4)ccn23)cc1. The largest absolute Gasteiger partial charge is 0.317 e. The molecule has 4 rings (SSSR count). The average Bonchev–Trinajstić information content (AvgIpc) is 3.05. The van der Waals surface area contributed by atoms with Gasteiger partial charge in [0.1, 0.15) is 11.5 Å². The maximum Gasteiger partial charge on any atom is 0.137 e. The molecule has 1 aromatic carbocycles. The monoisotopic (exact) mass is 323 g/mol. The molecular weight excluding hydrogens is 301 g/mol. The van der Waals surface area contributed by atoms with E-state index in [1.165, 1.54) is 37.0 Å². The second kappa shape index (κ2) is 6.73. The fraction of sp³-hybridized carbons (Fsp3) is 0.350. The van der Waals surface area contributed by atoms with Crippen LogP contribution in [-0.2, 0) is 6.42 Å². The summed E-state index contributed by atoms with van der Waals surface area (Å²) in [4.78, 5) is 4.53. The number of hydrogen-bond donors (Lipinski definition) is 1. The van der Waals surface area contributed by atoms with E-state index < -0.39 is 0 Å². The smallest absolute Gasteiger partial charge is 0.137 e. The van der Waals surface area contributed by atoms with Gasteiger partial charge < -0.3 is 5.32 Å². The lowest BCUT2D eigenvalue weighted by Crippen LogP contribution is -2.27. The fourth-order valence-electron chi connectivity index (χ4n) is 3.55. The highest BCUT2D eigenvalue weighted by atomic mass is 19.1. The molecule has 0 radical (unpaired) electrons. The summed E-state index contributed by atoms with van der Waals surface area (Å²) in [6.07, 6.45) is 8.89. The summed E-state index contributed by atoms with van der Waals surface area (Å²) in [7, 11) is 0. The van der Waals surface area contributed by atoms with Gasteiger partial charge in [-0.05, 0) is 86.7 Å². The quantitative estimate of drug-likeness (QED) is 0.784. The van der Waals surface area contributed by atoms with Gasteiger partial charge in [-0.1, -0.05) is 0 Å². The van der Waals surface area contributed by atoms with Crippen LogP contribution in [0.5, 0.6) is 0 Å². The Morgan fingerprint density at radius 2 is 1.92 bits per heavy atom. The van der Waals surface area contributed by atoms with Crippen molar-refractivity contribution in [3.63, 3.8) is 0 Å². The molecular formula is C20H22FN3. The van der Waals surface area contributed by atoms with Crippen LogP contribution < -0.4 is 5.32 Å². The Labute approximate surface area is 141 Å². The minimum absolute atomic E-state index is 0.215. The lowest BCUT2D eigenvalue weighted by Gasteiger charge is -2.22. The van der Waals surface area contributed by atoms with Crippen molar-refractivity contribution >= 4 is 5.65 Å². The van der Waals surface area contributed by atoms with E-state index in [1.807, 2.05) is 6.20 Å². The summed E-state index contributed by atoms with van der Waals surface area (Å²) in [6.45, 7) is 2.32. The van der Waals surface area contributed by atoms with Crippen molar-refractivity contribution in [2.45, 2.75) is 25.7 Å². The van der Waals surface area contributed by atoms with Gasteiger partial charge >= 0.3 is 0 Å². The lowest BCUT2D eigenvalue weighted by molar-refractivity contribution is 0.354. The number of imidazole rings is 1. The van der Waals surface area contributed by atoms with E-state index in [2.05, 4.69) is 33.0 Å². The van der Waals surface area contributed by atoms with Gasteiger partial charge in [-0.25, -0.2) is 9.37 Å². The molecule has 3 aromatic rings. The van der Waals surface area contributed by atoms with Gasteiger partial charge in [0.05, 0.1) is 11.9 Å². The molecule has 0 amide bonds. The van der Waals surface area contributed by atoms with Crippen molar-refractivity contribution in [1.29, 1.82) is 0 Å². The highest BCUT2D eigenvalue weighted by Gasteiger charge is 2.13. The highest BCUT2D eigenvalue weighted by Crippen LogP contribution is 2.23. The molecule has 1 aliphatic rings. The third kappa shape index (κ3) is 3.20. The van der Waals surface area contributed by atoms with Gasteiger partial charge in [-0.3, -0.25) is 4.40 Å². The zero-order valence-corrected chi connectivity index (χ0v) is 13.7. The number of piperidine rings is 1. The molecule has 2 aromatic heterocycles. The van der Waals surface area contributed by atoms with Gasteiger partial charge in [0.25, 0.3) is 0 Å². The van der Waals surface area contributed by atoms with Gasteiger partial charge in [-0.2, -0.15) is 0 Å². The highest BCUT2D eigenvalue weighted by molar-refractivity contribution is 5.63. The Kier molecular flexibility index (Phi) is 4.30. The number of hydrogen-bond acceptors (Lipinski definition) is 2. The van der Waals surface area contributed by atoms with E-state index in [9.17, 15) is 4.39 Å². The van der Waals surface area contributed by atoms with Crippen LogP contribution in [0.1, 0.15) is 24.8 Å². The minimum Gasteiger partial charge on any atom is -0.317 e. The molecule has 4 heteroatoms. The maximum atomic E-state index is 13.1. The van der Waals surface area contributed by atoms with Gasteiger partial charge in [-0.15, -0.1) is 0 Å². The van der Waals surface area contributed by atoms with E-state index in [-0.39, 0.29) is 5.82 Å². The number of halogens is 1. The molecule has 0 saturated carbocycles. The predicted molar refractivity (Wildman–Crippen MR) is 94.5 cm³/mol.